The summed E-state index contributed by atoms with van der Waals surface area (Å²) in [6.45, 7) is 11.5. The SMILES string of the molecule is C=C(C)[C@@]1(O)C(=O)OCc2c1cc1n(c2=O)Cc2c-1nc1ccc(OC(O)N3CCC(N4CCCCC4)CC3)cc1c2CC. The number of aromatic nitrogens is 2. The first-order valence-electron chi connectivity index (χ1n) is 15.8. The number of hydrogen-bond acceptors (Lipinski definition) is 9. The number of fused-ring (bicyclic) bond motifs is 5. The minimum absolute atomic E-state index is 0.188. The van der Waals surface area contributed by atoms with Crippen LogP contribution in [-0.4, -0.2) is 74.2 Å². The Morgan fingerprint density at radius 2 is 1.89 bits per heavy atom. The number of pyridine rings is 2. The molecule has 0 saturated carbocycles. The lowest BCUT2D eigenvalue weighted by Crippen LogP contribution is -2.50. The lowest BCUT2D eigenvalue weighted by Gasteiger charge is -2.41. The Hall–Kier alpha value is -3.57. The molecule has 4 aliphatic rings. The molecule has 10 heteroatoms. The Balaban J connectivity index is 1.17. The van der Waals surface area contributed by atoms with E-state index in [0.717, 1.165) is 48.0 Å². The topological polar surface area (TPSA) is 117 Å². The predicted octanol–water partition coefficient (Wildman–Crippen LogP) is 3.41. The average Bonchev–Trinajstić information content (AvgIpc) is 3.40. The average molecular weight is 601 g/mol. The van der Waals surface area contributed by atoms with Crippen molar-refractivity contribution in [2.75, 3.05) is 26.2 Å². The van der Waals surface area contributed by atoms with Crippen LogP contribution in [0.1, 0.15) is 68.2 Å². The molecule has 4 aliphatic heterocycles. The predicted molar refractivity (Wildman–Crippen MR) is 165 cm³/mol. The maximum atomic E-state index is 13.7. The van der Waals surface area contributed by atoms with Crippen LogP contribution in [0.4, 0.5) is 0 Å². The number of likely N-dealkylation sites (tertiary alicyclic amines) is 2. The van der Waals surface area contributed by atoms with Crippen molar-refractivity contribution in [2.24, 2.45) is 0 Å². The molecule has 7 rings (SSSR count). The molecule has 1 unspecified atom stereocenters. The van der Waals surface area contributed by atoms with E-state index in [0.29, 0.717) is 36.1 Å². The molecular weight excluding hydrogens is 560 g/mol. The maximum Gasteiger partial charge on any atom is 0.347 e. The third kappa shape index (κ3) is 4.58. The van der Waals surface area contributed by atoms with Crippen LogP contribution in [0.3, 0.4) is 0 Å². The fourth-order valence-corrected chi connectivity index (χ4v) is 7.58. The summed E-state index contributed by atoms with van der Waals surface area (Å²) in [6.07, 6.45) is 5.61. The van der Waals surface area contributed by atoms with Gasteiger partial charge in [-0.15, -0.1) is 0 Å². The molecule has 0 amide bonds. The molecule has 232 valence electrons. The Kier molecular flexibility index (Phi) is 7.36. The summed E-state index contributed by atoms with van der Waals surface area (Å²) in [7, 11) is 0. The highest BCUT2D eigenvalue weighted by molar-refractivity contribution is 5.90. The van der Waals surface area contributed by atoms with Crippen LogP contribution in [0.15, 0.2) is 41.2 Å². The molecule has 2 saturated heterocycles. The zero-order valence-electron chi connectivity index (χ0n) is 25.5. The van der Waals surface area contributed by atoms with Crippen LogP contribution >= 0.6 is 0 Å². The number of rotatable bonds is 6. The van der Waals surface area contributed by atoms with E-state index < -0.39 is 18.0 Å². The van der Waals surface area contributed by atoms with E-state index in [1.54, 1.807) is 17.6 Å². The van der Waals surface area contributed by atoms with Gasteiger partial charge >= 0.3 is 5.97 Å². The summed E-state index contributed by atoms with van der Waals surface area (Å²) in [5.41, 5.74) is 2.14. The van der Waals surface area contributed by atoms with Gasteiger partial charge in [0.25, 0.3) is 12.0 Å². The van der Waals surface area contributed by atoms with Crippen molar-refractivity contribution in [3.8, 4) is 17.1 Å². The molecule has 3 aromatic rings. The largest absolute Gasteiger partial charge is 0.458 e. The quantitative estimate of drug-likeness (QED) is 0.195. The first-order valence-corrected chi connectivity index (χ1v) is 15.8. The van der Waals surface area contributed by atoms with Gasteiger partial charge in [-0.1, -0.05) is 19.9 Å². The van der Waals surface area contributed by atoms with Gasteiger partial charge in [-0.2, -0.15) is 0 Å². The van der Waals surface area contributed by atoms with Gasteiger partial charge in [-0.05, 0) is 87.5 Å². The van der Waals surface area contributed by atoms with Crippen LogP contribution in [0.25, 0.3) is 22.3 Å². The molecule has 10 nitrogen and oxygen atoms in total. The molecule has 0 radical (unpaired) electrons. The van der Waals surface area contributed by atoms with Crippen LogP contribution in [0, 0.1) is 0 Å². The molecule has 0 aliphatic carbocycles. The molecule has 2 fully saturated rings. The molecule has 2 N–H and O–H groups in total. The fourth-order valence-electron chi connectivity index (χ4n) is 7.58. The maximum absolute atomic E-state index is 13.7. The molecule has 2 aromatic heterocycles. The summed E-state index contributed by atoms with van der Waals surface area (Å²) in [5.74, 6) is -0.271. The Morgan fingerprint density at radius 1 is 1.14 bits per heavy atom. The second-order valence-corrected chi connectivity index (χ2v) is 12.6. The number of ether oxygens (including phenoxy) is 2. The van der Waals surface area contributed by atoms with Gasteiger partial charge in [0.05, 0.1) is 29.0 Å². The number of nitrogens with zero attached hydrogens (tertiary/aromatic N) is 4. The molecule has 44 heavy (non-hydrogen) atoms. The normalized spacial score (nSPS) is 23.1. The minimum atomic E-state index is -2.09. The van der Waals surface area contributed by atoms with Crippen molar-refractivity contribution in [3.63, 3.8) is 0 Å². The van der Waals surface area contributed by atoms with Gasteiger partial charge in [0, 0.05) is 35.6 Å². The highest BCUT2D eigenvalue weighted by Gasteiger charge is 2.47. The van der Waals surface area contributed by atoms with E-state index in [4.69, 9.17) is 14.5 Å². The Bertz CT molecular complexity index is 1720. The van der Waals surface area contributed by atoms with Crippen LogP contribution < -0.4 is 10.3 Å². The number of aryl methyl sites for hydroxylation is 1. The first-order chi connectivity index (χ1) is 21.2. The third-order valence-electron chi connectivity index (χ3n) is 10.1. The lowest BCUT2D eigenvalue weighted by molar-refractivity contribution is -0.167. The van der Waals surface area contributed by atoms with E-state index >= 15 is 0 Å². The number of aliphatic hydroxyl groups is 2. The molecule has 1 aromatic carbocycles. The Morgan fingerprint density at radius 3 is 2.59 bits per heavy atom. The van der Waals surface area contributed by atoms with E-state index in [9.17, 15) is 19.8 Å². The molecule has 2 atom stereocenters. The van der Waals surface area contributed by atoms with Gasteiger partial charge in [0.1, 0.15) is 12.4 Å². The summed E-state index contributed by atoms with van der Waals surface area (Å²) < 4.78 is 12.9. The number of piperidine rings is 2. The van der Waals surface area contributed by atoms with Crippen molar-refractivity contribution < 1.29 is 24.5 Å². The van der Waals surface area contributed by atoms with Crippen molar-refractivity contribution in [1.82, 2.24) is 19.4 Å². The fraction of sp³-hybridized carbons (Fsp3) is 0.500. The highest BCUT2D eigenvalue weighted by Crippen LogP contribution is 2.41. The second kappa shape index (κ2) is 11.1. The van der Waals surface area contributed by atoms with Gasteiger partial charge in [0.15, 0.2) is 0 Å². The van der Waals surface area contributed by atoms with Gasteiger partial charge in [-0.3, -0.25) is 4.79 Å². The summed E-state index contributed by atoms with van der Waals surface area (Å²) in [4.78, 5) is 35.9. The number of esters is 1. The monoisotopic (exact) mass is 600 g/mol. The zero-order chi connectivity index (χ0) is 30.7. The van der Waals surface area contributed by atoms with E-state index in [1.807, 2.05) is 23.1 Å². The standard InChI is InChI=1S/C34H40N4O6/c1-4-23-24-16-22(44-33(41)37-14-10-21(11-15-37)36-12-6-5-7-13-36)8-9-28(24)35-30-25(23)18-38-29(30)17-27-26(31(38)39)19-43-32(40)34(27,42)20(2)3/h8-9,16-17,21,33,41-42H,2,4-7,10-15,18-19H2,1,3H3/t33?,34-/m0/s1. The van der Waals surface area contributed by atoms with E-state index in [-0.39, 0.29) is 28.9 Å². The number of benzene rings is 1. The van der Waals surface area contributed by atoms with Crippen molar-refractivity contribution in [3.05, 3.63) is 69.0 Å². The Labute approximate surface area is 256 Å². The van der Waals surface area contributed by atoms with Crippen LogP contribution in [0.2, 0.25) is 0 Å². The van der Waals surface area contributed by atoms with Crippen molar-refractivity contribution in [2.45, 2.75) is 83.6 Å². The minimum Gasteiger partial charge on any atom is -0.458 e. The zero-order valence-corrected chi connectivity index (χ0v) is 25.5. The number of carbonyl (C=O) groups is 1. The number of carbonyl (C=O) groups excluding carboxylic acids is 1. The molecule has 6 heterocycles. The summed E-state index contributed by atoms with van der Waals surface area (Å²) >= 11 is 0. The second-order valence-electron chi connectivity index (χ2n) is 12.6. The van der Waals surface area contributed by atoms with Gasteiger partial charge < -0.3 is 29.2 Å². The summed E-state index contributed by atoms with van der Waals surface area (Å²) in [5, 5.41) is 23.2. The highest BCUT2D eigenvalue weighted by atomic mass is 16.6. The van der Waals surface area contributed by atoms with E-state index in [2.05, 4.69) is 18.4 Å². The lowest BCUT2D eigenvalue weighted by atomic mass is 9.83. The third-order valence-corrected chi connectivity index (χ3v) is 10.1. The first kappa shape index (κ1) is 29.2. The molecular formula is C34H40N4O6. The number of aliphatic hydroxyl groups excluding tert-OH is 1. The smallest absolute Gasteiger partial charge is 0.347 e. The van der Waals surface area contributed by atoms with Crippen molar-refractivity contribution >= 4 is 16.9 Å². The summed E-state index contributed by atoms with van der Waals surface area (Å²) in [6, 6.07) is 7.90. The van der Waals surface area contributed by atoms with Crippen molar-refractivity contribution in [1.29, 1.82) is 0 Å². The molecule has 0 spiro atoms. The van der Waals surface area contributed by atoms with Crippen LogP contribution in [-0.2, 0) is 34.7 Å². The molecule has 0 bridgehead atoms. The van der Waals surface area contributed by atoms with Crippen LogP contribution in [0.5, 0.6) is 5.75 Å². The number of hydrogen-bond donors (Lipinski definition) is 2. The van der Waals surface area contributed by atoms with Gasteiger partial charge in [0.2, 0.25) is 5.60 Å². The van der Waals surface area contributed by atoms with Gasteiger partial charge in [-0.25, -0.2) is 14.7 Å². The van der Waals surface area contributed by atoms with E-state index in [1.165, 1.54) is 32.4 Å². The number of cyclic esters (lactones) is 1.